The topological polar surface area (TPSA) is 122 Å². The zero-order valence-electron chi connectivity index (χ0n) is 13.0. The fourth-order valence-electron chi connectivity index (χ4n) is 1.55. The van der Waals surface area contributed by atoms with Crippen molar-refractivity contribution in [2.24, 2.45) is 0 Å². The van der Waals surface area contributed by atoms with Crippen LogP contribution in [0.25, 0.3) is 0 Å². The van der Waals surface area contributed by atoms with E-state index in [0.29, 0.717) is 0 Å². The first-order chi connectivity index (χ1) is 10.5. The number of ether oxygens (including phenoxy) is 4. The zero-order chi connectivity index (χ0) is 18.2. The van der Waals surface area contributed by atoms with Crippen LogP contribution in [0.5, 0.6) is 0 Å². The van der Waals surface area contributed by atoms with Crippen molar-refractivity contribution in [3.05, 3.63) is 0 Å². The molecule has 0 radical (unpaired) electrons. The molecule has 0 rings (SSSR count). The summed E-state index contributed by atoms with van der Waals surface area (Å²) in [5.74, 6) is -3.24. The van der Waals surface area contributed by atoms with Gasteiger partial charge < -0.3 is 18.9 Å². The number of hydrogen-bond donors (Lipinski definition) is 0. The molecule has 0 amide bonds. The van der Waals surface area contributed by atoms with Gasteiger partial charge in [0.05, 0.1) is 0 Å². The second-order valence-corrected chi connectivity index (χ2v) is 4.73. The van der Waals surface area contributed by atoms with Crippen LogP contribution >= 0.6 is 11.6 Å². The molecule has 23 heavy (non-hydrogen) atoms. The molecule has 0 saturated carbocycles. The highest BCUT2D eigenvalue weighted by atomic mass is 35.5. The molecule has 0 aliphatic carbocycles. The largest absolute Gasteiger partial charge is 0.462 e. The molecule has 0 fully saturated rings. The van der Waals surface area contributed by atoms with Crippen molar-refractivity contribution in [3.8, 4) is 0 Å². The van der Waals surface area contributed by atoms with Crippen molar-refractivity contribution in [2.45, 2.75) is 46.0 Å². The predicted molar refractivity (Wildman–Crippen MR) is 74.2 cm³/mol. The summed E-state index contributed by atoms with van der Waals surface area (Å²) in [5, 5.41) is -1.16. The van der Waals surface area contributed by atoms with Gasteiger partial charge >= 0.3 is 23.9 Å². The summed E-state index contributed by atoms with van der Waals surface area (Å²) in [6, 6.07) is 0. The van der Waals surface area contributed by atoms with Crippen molar-refractivity contribution in [1.82, 2.24) is 0 Å². The molecule has 9 nitrogen and oxygen atoms in total. The lowest BCUT2D eigenvalue weighted by molar-refractivity contribution is -0.189. The minimum absolute atomic E-state index is 0.533. The van der Waals surface area contributed by atoms with Gasteiger partial charge in [-0.2, -0.15) is 0 Å². The molecule has 0 spiro atoms. The fraction of sp³-hybridized carbons (Fsp3) is 0.615. The predicted octanol–water partition coefficient (Wildman–Crippen LogP) is 0.110. The molecule has 10 heteroatoms. The first-order valence-corrected chi connectivity index (χ1v) is 6.76. The Bertz CT molecular complexity index is 488. The number of esters is 4. The molecule has 0 N–H and O–H groups in total. The minimum atomic E-state index is -1.74. The summed E-state index contributed by atoms with van der Waals surface area (Å²) in [6.07, 6.45) is -4.71. The third-order valence-corrected chi connectivity index (χ3v) is 2.47. The van der Waals surface area contributed by atoms with Crippen LogP contribution in [0.1, 0.15) is 27.7 Å². The number of hydrogen-bond acceptors (Lipinski definition) is 9. The van der Waals surface area contributed by atoms with Crippen molar-refractivity contribution in [2.75, 3.05) is 6.61 Å². The van der Waals surface area contributed by atoms with E-state index in [0.717, 1.165) is 27.7 Å². The molecular weight excluding hydrogens is 336 g/mol. The summed E-state index contributed by atoms with van der Waals surface area (Å²) in [6.45, 7) is 3.64. The van der Waals surface area contributed by atoms with Gasteiger partial charge in [-0.15, -0.1) is 0 Å². The minimum Gasteiger partial charge on any atom is -0.462 e. The average Bonchev–Trinajstić information content (AvgIpc) is 2.37. The van der Waals surface area contributed by atoms with E-state index in [1.807, 2.05) is 0 Å². The Balaban J connectivity index is 5.55. The first kappa shape index (κ1) is 20.8. The van der Waals surface area contributed by atoms with E-state index in [1.165, 1.54) is 0 Å². The summed E-state index contributed by atoms with van der Waals surface area (Å²) in [4.78, 5) is 55.9. The highest BCUT2D eigenvalue weighted by Gasteiger charge is 2.41. The van der Waals surface area contributed by atoms with Crippen LogP contribution in [0.15, 0.2) is 0 Å². The van der Waals surface area contributed by atoms with Crippen LogP contribution in [-0.2, 0) is 42.9 Å². The maximum absolute atomic E-state index is 11.5. The molecule has 0 unspecified atom stereocenters. The Morgan fingerprint density at radius 2 is 1.26 bits per heavy atom. The number of rotatable bonds is 8. The second-order valence-electron chi connectivity index (χ2n) is 4.36. The van der Waals surface area contributed by atoms with Crippen LogP contribution in [0.2, 0.25) is 0 Å². The van der Waals surface area contributed by atoms with E-state index in [-0.39, 0.29) is 0 Å². The Morgan fingerprint density at radius 3 is 1.61 bits per heavy atom. The van der Waals surface area contributed by atoms with E-state index in [4.69, 9.17) is 30.5 Å². The van der Waals surface area contributed by atoms with Gasteiger partial charge in [-0.25, -0.2) is 0 Å². The molecule has 130 valence electrons. The van der Waals surface area contributed by atoms with Crippen molar-refractivity contribution >= 4 is 40.7 Å². The summed E-state index contributed by atoms with van der Waals surface area (Å²) in [7, 11) is 0. The Labute approximate surface area is 137 Å². The normalized spacial score (nSPS) is 14.0. The van der Waals surface area contributed by atoms with E-state index in [9.17, 15) is 24.0 Å². The highest BCUT2D eigenvalue weighted by molar-refractivity contribution is 6.64. The molecule has 0 aromatic heterocycles. The number of carbonyl (C=O) groups excluding carboxylic acids is 5. The molecule has 0 aliphatic heterocycles. The Morgan fingerprint density at radius 1 is 0.783 bits per heavy atom. The van der Waals surface area contributed by atoms with E-state index >= 15 is 0 Å². The van der Waals surface area contributed by atoms with Gasteiger partial charge in [0.2, 0.25) is 6.10 Å². The molecule has 3 atom stereocenters. The maximum atomic E-state index is 11.5. The fourth-order valence-corrected chi connectivity index (χ4v) is 1.72. The van der Waals surface area contributed by atoms with Gasteiger partial charge in [-0.05, 0) is 11.6 Å². The van der Waals surface area contributed by atoms with Crippen LogP contribution in [-0.4, -0.2) is 54.0 Å². The van der Waals surface area contributed by atoms with Gasteiger partial charge in [-0.1, -0.05) is 0 Å². The van der Waals surface area contributed by atoms with Gasteiger partial charge in [0.1, 0.15) is 6.61 Å². The summed E-state index contributed by atoms with van der Waals surface area (Å²) >= 11 is 5.35. The monoisotopic (exact) mass is 352 g/mol. The standard InChI is InChI=1S/C13H17ClO9/c1-6(15)20-5-10(21-7(2)16)11(22-8(3)17)12(13(14)19)23-9(4)18/h10-12H,5H2,1-4H3/t10-,11-,12+/m1/s1. The molecule has 0 aromatic rings. The maximum Gasteiger partial charge on any atom is 0.303 e. The Kier molecular flexibility index (Phi) is 8.86. The molecule has 0 heterocycles. The average molecular weight is 353 g/mol. The molecular formula is C13H17ClO9. The number of carbonyl (C=O) groups is 5. The lowest BCUT2D eigenvalue weighted by Crippen LogP contribution is -2.49. The second kappa shape index (κ2) is 9.78. The van der Waals surface area contributed by atoms with Crippen molar-refractivity contribution in [3.63, 3.8) is 0 Å². The van der Waals surface area contributed by atoms with E-state index < -0.39 is 54.0 Å². The molecule has 0 bridgehead atoms. The van der Waals surface area contributed by atoms with Crippen molar-refractivity contribution in [1.29, 1.82) is 0 Å². The SMILES string of the molecule is CC(=O)OC[C@@H](OC(C)=O)[C@@H](OC(C)=O)[C@H](OC(C)=O)C(=O)Cl. The number of halogens is 1. The summed E-state index contributed by atoms with van der Waals surface area (Å²) < 4.78 is 19.2. The van der Waals surface area contributed by atoms with Crippen LogP contribution in [0.3, 0.4) is 0 Å². The zero-order valence-corrected chi connectivity index (χ0v) is 13.7. The van der Waals surface area contributed by atoms with Gasteiger partial charge in [0.15, 0.2) is 12.2 Å². The molecule has 0 aromatic carbocycles. The Hall–Kier alpha value is -2.16. The first-order valence-electron chi connectivity index (χ1n) is 6.39. The van der Waals surface area contributed by atoms with Gasteiger partial charge in [-0.3, -0.25) is 24.0 Å². The van der Waals surface area contributed by atoms with Crippen molar-refractivity contribution < 1.29 is 42.9 Å². The van der Waals surface area contributed by atoms with Crippen LogP contribution < -0.4 is 0 Å². The lowest BCUT2D eigenvalue weighted by Gasteiger charge is -2.29. The summed E-state index contributed by atoms with van der Waals surface area (Å²) in [5.41, 5.74) is 0. The van der Waals surface area contributed by atoms with E-state index in [1.54, 1.807) is 0 Å². The quantitative estimate of drug-likeness (QED) is 0.340. The van der Waals surface area contributed by atoms with Crippen LogP contribution in [0.4, 0.5) is 0 Å². The van der Waals surface area contributed by atoms with Crippen LogP contribution in [0, 0.1) is 0 Å². The lowest BCUT2D eigenvalue weighted by atomic mass is 10.1. The van der Waals surface area contributed by atoms with Gasteiger partial charge in [0.25, 0.3) is 5.24 Å². The smallest absolute Gasteiger partial charge is 0.303 e. The van der Waals surface area contributed by atoms with Gasteiger partial charge in [0, 0.05) is 27.7 Å². The third kappa shape index (κ3) is 8.77. The van der Waals surface area contributed by atoms with E-state index in [2.05, 4.69) is 0 Å². The molecule has 0 saturated heterocycles. The highest BCUT2D eigenvalue weighted by Crippen LogP contribution is 2.17. The molecule has 0 aliphatic rings. The third-order valence-electron chi connectivity index (χ3n) is 2.25.